The van der Waals surface area contributed by atoms with Gasteiger partial charge < -0.3 is 15.2 Å². The van der Waals surface area contributed by atoms with Gasteiger partial charge in [-0.3, -0.25) is 4.90 Å². The van der Waals surface area contributed by atoms with Crippen LogP contribution in [-0.4, -0.2) is 43.3 Å². The lowest BCUT2D eigenvalue weighted by molar-refractivity contribution is 0.0339. The Morgan fingerprint density at radius 1 is 1.50 bits per heavy atom. The zero-order valence-corrected chi connectivity index (χ0v) is 9.48. The van der Waals surface area contributed by atoms with E-state index in [4.69, 9.17) is 15.2 Å². The van der Waals surface area contributed by atoms with Gasteiger partial charge in [0.2, 0.25) is 0 Å². The van der Waals surface area contributed by atoms with Crippen molar-refractivity contribution in [3.63, 3.8) is 0 Å². The van der Waals surface area contributed by atoms with Crippen molar-refractivity contribution < 1.29 is 9.47 Å². The van der Waals surface area contributed by atoms with E-state index in [0.29, 0.717) is 5.82 Å². The van der Waals surface area contributed by atoms with Gasteiger partial charge in [-0.15, -0.1) is 0 Å². The Bertz CT molecular complexity index is 351. The topological polar surface area (TPSA) is 60.6 Å². The van der Waals surface area contributed by atoms with Crippen LogP contribution in [0.25, 0.3) is 0 Å². The standard InChI is InChI=1S/C11H17N3O2/c1-15-10-7-13-11(12)6-9(10)8-14-2-4-16-5-3-14/h6-7H,2-5,8H2,1H3,(H2,12,13). The zero-order valence-electron chi connectivity index (χ0n) is 9.48. The first-order valence-electron chi connectivity index (χ1n) is 5.38. The predicted octanol–water partition coefficient (Wildman–Crippen LogP) is 0.505. The molecule has 2 N–H and O–H groups in total. The van der Waals surface area contributed by atoms with E-state index >= 15 is 0 Å². The van der Waals surface area contributed by atoms with Crippen molar-refractivity contribution in [1.29, 1.82) is 0 Å². The molecule has 1 saturated heterocycles. The molecule has 0 saturated carbocycles. The molecule has 0 aromatic carbocycles. The number of anilines is 1. The molecule has 1 aromatic rings. The van der Waals surface area contributed by atoms with Gasteiger partial charge in [-0.25, -0.2) is 4.98 Å². The van der Waals surface area contributed by atoms with Gasteiger partial charge in [0.1, 0.15) is 11.6 Å². The van der Waals surface area contributed by atoms with Gasteiger partial charge in [0.15, 0.2) is 0 Å². The van der Waals surface area contributed by atoms with Crippen LogP contribution >= 0.6 is 0 Å². The second-order valence-electron chi connectivity index (χ2n) is 3.81. The van der Waals surface area contributed by atoms with E-state index in [-0.39, 0.29) is 0 Å². The van der Waals surface area contributed by atoms with E-state index in [1.54, 1.807) is 13.3 Å². The van der Waals surface area contributed by atoms with Crippen molar-refractivity contribution in [3.05, 3.63) is 17.8 Å². The number of ether oxygens (including phenoxy) is 2. The molecule has 0 radical (unpaired) electrons. The summed E-state index contributed by atoms with van der Waals surface area (Å²) >= 11 is 0. The smallest absolute Gasteiger partial charge is 0.141 e. The average Bonchev–Trinajstić information content (AvgIpc) is 2.31. The Balaban J connectivity index is 2.09. The van der Waals surface area contributed by atoms with Gasteiger partial charge in [-0.2, -0.15) is 0 Å². The van der Waals surface area contributed by atoms with Crippen molar-refractivity contribution in [2.75, 3.05) is 39.1 Å². The Morgan fingerprint density at radius 2 is 2.25 bits per heavy atom. The van der Waals surface area contributed by atoms with Crippen molar-refractivity contribution >= 4 is 5.82 Å². The number of nitrogens with two attached hydrogens (primary N) is 1. The molecule has 1 aliphatic heterocycles. The maximum atomic E-state index is 5.68. The SMILES string of the molecule is COc1cnc(N)cc1CN1CCOCC1. The fourth-order valence-electron chi connectivity index (χ4n) is 1.81. The average molecular weight is 223 g/mol. The first-order chi connectivity index (χ1) is 7.79. The van der Waals surface area contributed by atoms with Crippen LogP contribution in [0.3, 0.4) is 0 Å². The summed E-state index contributed by atoms with van der Waals surface area (Å²) in [6.45, 7) is 4.32. The van der Waals surface area contributed by atoms with E-state index in [2.05, 4.69) is 9.88 Å². The van der Waals surface area contributed by atoms with Crippen molar-refractivity contribution in [1.82, 2.24) is 9.88 Å². The largest absolute Gasteiger partial charge is 0.495 e. The molecule has 0 unspecified atom stereocenters. The number of rotatable bonds is 3. The number of pyridine rings is 1. The molecule has 0 amide bonds. The van der Waals surface area contributed by atoms with Crippen LogP contribution in [0, 0.1) is 0 Å². The van der Waals surface area contributed by atoms with Crippen LogP contribution in [0.2, 0.25) is 0 Å². The highest BCUT2D eigenvalue weighted by Gasteiger charge is 2.13. The summed E-state index contributed by atoms with van der Waals surface area (Å²) < 4.78 is 10.6. The summed E-state index contributed by atoms with van der Waals surface area (Å²) in [7, 11) is 1.65. The third-order valence-electron chi connectivity index (χ3n) is 2.69. The summed E-state index contributed by atoms with van der Waals surface area (Å²) in [5.41, 5.74) is 6.76. The summed E-state index contributed by atoms with van der Waals surface area (Å²) in [6.07, 6.45) is 1.67. The summed E-state index contributed by atoms with van der Waals surface area (Å²) in [5, 5.41) is 0. The minimum atomic E-state index is 0.532. The van der Waals surface area contributed by atoms with Gasteiger partial charge in [0.05, 0.1) is 26.5 Å². The highest BCUT2D eigenvalue weighted by molar-refractivity contribution is 5.40. The van der Waals surface area contributed by atoms with Crippen molar-refractivity contribution in [3.8, 4) is 5.75 Å². The van der Waals surface area contributed by atoms with Gasteiger partial charge in [-0.05, 0) is 6.07 Å². The van der Waals surface area contributed by atoms with E-state index < -0.39 is 0 Å². The number of nitrogens with zero attached hydrogens (tertiary/aromatic N) is 2. The maximum Gasteiger partial charge on any atom is 0.141 e. The summed E-state index contributed by atoms with van der Waals surface area (Å²) in [5.74, 6) is 1.32. The van der Waals surface area contributed by atoms with Crippen LogP contribution in [0.5, 0.6) is 5.75 Å². The number of methoxy groups -OCH3 is 1. The molecule has 88 valence electrons. The lowest BCUT2D eigenvalue weighted by atomic mass is 10.2. The minimum Gasteiger partial charge on any atom is -0.495 e. The Labute approximate surface area is 95.2 Å². The molecule has 1 fully saturated rings. The van der Waals surface area contributed by atoms with Crippen LogP contribution in [0.4, 0.5) is 5.82 Å². The molecule has 0 aliphatic carbocycles. The fourth-order valence-corrected chi connectivity index (χ4v) is 1.81. The number of nitrogen functional groups attached to an aromatic ring is 1. The third-order valence-corrected chi connectivity index (χ3v) is 2.69. The lowest BCUT2D eigenvalue weighted by Gasteiger charge is -2.27. The maximum absolute atomic E-state index is 5.68. The first kappa shape index (κ1) is 11.2. The number of hydrogen-bond acceptors (Lipinski definition) is 5. The predicted molar refractivity (Wildman–Crippen MR) is 61.3 cm³/mol. The van der Waals surface area contributed by atoms with Crippen molar-refractivity contribution in [2.45, 2.75) is 6.54 Å². The molecule has 1 aliphatic rings. The quantitative estimate of drug-likeness (QED) is 0.808. The first-order valence-corrected chi connectivity index (χ1v) is 5.38. The van der Waals surface area contributed by atoms with Gasteiger partial charge in [0, 0.05) is 25.2 Å². The second kappa shape index (κ2) is 5.14. The molecule has 0 spiro atoms. The Kier molecular flexibility index (Phi) is 3.58. The van der Waals surface area contributed by atoms with Crippen LogP contribution < -0.4 is 10.5 Å². The number of hydrogen-bond donors (Lipinski definition) is 1. The third kappa shape index (κ3) is 2.62. The van der Waals surface area contributed by atoms with Crippen LogP contribution in [0.1, 0.15) is 5.56 Å². The van der Waals surface area contributed by atoms with Gasteiger partial charge in [0.25, 0.3) is 0 Å². The highest BCUT2D eigenvalue weighted by atomic mass is 16.5. The Hall–Kier alpha value is -1.33. The molecule has 5 heteroatoms. The van der Waals surface area contributed by atoms with Crippen LogP contribution in [0.15, 0.2) is 12.3 Å². The summed E-state index contributed by atoms with van der Waals surface area (Å²) in [6, 6.07) is 1.87. The summed E-state index contributed by atoms with van der Waals surface area (Å²) in [4.78, 5) is 6.33. The fraction of sp³-hybridized carbons (Fsp3) is 0.545. The van der Waals surface area contributed by atoms with Crippen LogP contribution in [-0.2, 0) is 11.3 Å². The van der Waals surface area contributed by atoms with E-state index in [1.807, 2.05) is 6.07 Å². The van der Waals surface area contributed by atoms with E-state index in [0.717, 1.165) is 44.2 Å². The van der Waals surface area contributed by atoms with Gasteiger partial charge in [-0.1, -0.05) is 0 Å². The monoisotopic (exact) mass is 223 g/mol. The molecule has 2 rings (SSSR count). The van der Waals surface area contributed by atoms with E-state index in [1.165, 1.54) is 0 Å². The molecular formula is C11H17N3O2. The molecule has 5 nitrogen and oxygen atoms in total. The molecule has 0 bridgehead atoms. The minimum absolute atomic E-state index is 0.532. The normalized spacial score (nSPS) is 17.3. The van der Waals surface area contributed by atoms with Crippen molar-refractivity contribution in [2.24, 2.45) is 0 Å². The molecule has 0 atom stereocenters. The Morgan fingerprint density at radius 3 is 2.94 bits per heavy atom. The molecule has 16 heavy (non-hydrogen) atoms. The second-order valence-corrected chi connectivity index (χ2v) is 3.81. The van der Waals surface area contributed by atoms with E-state index in [9.17, 15) is 0 Å². The number of morpholine rings is 1. The highest BCUT2D eigenvalue weighted by Crippen LogP contribution is 2.20. The molecule has 1 aromatic heterocycles. The molecule has 2 heterocycles. The van der Waals surface area contributed by atoms with Gasteiger partial charge >= 0.3 is 0 Å². The molecular weight excluding hydrogens is 206 g/mol. The lowest BCUT2D eigenvalue weighted by Crippen LogP contribution is -2.35. The zero-order chi connectivity index (χ0) is 11.4. The number of aromatic nitrogens is 1.